The molecule has 0 fully saturated rings. The first kappa shape index (κ1) is 14.1. The smallest absolute Gasteiger partial charge is 0.221 e. The van der Waals surface area contributed by atoms with E-state index >= 15 is 0 Å². The van der Waals surface area contributed by atoms with Gasteiger partial charge in [0, 0.05) is 37.1 Å². The Bertz CT molecular complexity index is 618. The molecule has 1 unspecified atom stereocenters. The number of amides is 1. The summed E-state index contributed by atoms with van der Waals surface area (Å²) in [6, 6.07) is 7.83. The maximum atomic E-state index is 11.1. The molecule has 0 spiro atoms. The van der Waals surface area contributed by atoms with E-state index < -0.39 is 0 Å². The molecule has 5 nitrogen and oxygen atoms in total. The summed E-state index contributed by atoms with van der Waals surface area (Å²) >= 11 is 0. The first-order valence-electron chi connectivity index (χ1n) is 6.60. The van der Waals surface area contributed by atoms with E-state index in [1.807, 2.05) is 49.1 Å². The van der Waals surface area contributed by atoms with Crippen molar-refractivity contribution in [2.75, 3.05) is 10.6 Å². The number of aryl methyl sites for hydroxylation is 2. The van der Waals surface area contributed by atoms with Gasteiger partial charge in [0.15, 0.2) is 0 Å². The number of carbonyl (C=O) groups is 1. The molecule has 0 aliphatic heterocycles. The fourth-order valence-corrected chi connectivity index (χ4v) is 2.26. The number of carbonyl (C=O) groups excluding carboxylic acids is 1. The van der Waals surface area contributed by atoms with Crippen LogP contribution in [0.3, 0.4) is 0 Å². The van der Waals surface area contributed by atoms with E-state index in [0.717, 1.165) is 22.6 Å². The Morgan fingerprint density at radius 2 is 2.05 bits per heavy atom. The summed E-state index contributed by atoms with van der Waals surface area (Å²) in [5.41, 5.74) is 3.94. The van der Waals surface area contributed by atoms with Gasteiger partial charge in [0.05, 0.1) is 11.7 Å². The van der Waals surface area contributed by atoms with Crippen LogP contribution in [0, 0.1) is 6.92 Å². The molecule has 1 heterocycles. The highest BCUT2D eigenvalue weighted by Gasteiger charge is 2.11. The zero-order valence-corrected chi connectivity index (χ0v) is 12.3. The van der Waals surface area contributed by atoms with Gasteiger partial charge < -0.3 is 10.6 Å². The maximum Gasteiger partial charge on any atom is 0.221 e. The molecule has 5 heteroatoms. The zero-order chi connectivity index (χ0) is 14.7. The third-order valence-corrected chi connectivity index (χ3v) is 3.08. The minimum absolute atomic E-state index is 0.0710. The summed E-state index contributed by atoms with van der Waals surface area (Å²) in [6.07, 6.45) is 2.02. The van der Waals surface area contributed by atoms with Gasteiger partial charge in [0.2, 0.25) is 5.91 Å². The van der Waals surface area contributed by atoms with Crippen molar-refractivity contribution in [3.05, 3.63) is 41.7 Å². The second kappa shape index (κ2) is 5.77. The first-order valence-corrected chi connectivity index (χ1v) is 6.60. The topological polar surface area (TPSA) is 59.0 Å². The zero-order valence-electron chi connectivity index (χ0n) is 12.3. The first-order chi connectivity index (χ1) is 9.45. The van der Waals surface area contributed by atoms with Gasteiger partial charge in [-0.05, 0) is 32.0 Å². The summed E-state index contributed by atoms with van der Waals surface area (Å²) in [7, 11) is 1.92. The van der Waals surface area contributed by atoms with Crippen molar-refractivity contribution in [2.24, 2.45) is 7.05 Å². The number of anilines is 2. The molecule has 1 aromatic heterocycles. The lowest BCUT2D eigenvalue weighted by molar-refractivity contribution is -0.114. The maximum absolute atomic E-state index is 11.1. The highest BCUT2D eigenvalue weighted by Crippen LogP contribution is 2.23. The van der Waals surface area contributed by atoms with Crippen molar-refractivity contribution in [3.8, 4) is 0 Å². The lowest BCUT2D eigenvalue weighted by Crippen LogP contribution is -2.09. The molecule has 1 atom stereocenters. The Hall–Kier alpha value is -2.30. The Morgan fingerprint density at radius 3 is 2.65 bits per heavy atom. The van der Waals surface area contributed by atoms with Crippen molar-refractivity contribution < 1.29 is 4.79 Å². The average molecular weight is 272 g/mol. The summed E-state index contributed by atoms with van der Waals surface area (Å²) in [5.74, 6) is -0.0710. The molecule has 106 valence electrons. The normalized spacial score (nSPS) is 12.0. The molecule has 20 heavy (non-hydrogen) atoms. The van der Waals surface area contributed by atoms with Gasteiger partial charge >= 0.3 is 0 Å². The fraction of sp³-hybridized carbons (Fsp3) is 0.333. The number of hydrogen-bond donors (Lipinski definition) is 2. The number of aromatic nitrogens is 2. The number of nitrogens with zero attached hydrogens (tertiary/aromatic N) is 2. The second-order valence-electron chi connectivity index (χ2n) is 4.97. The molecular weight excluding hydrogens is 252 g/mol. The third-order valence-electron chi connectivity index (χ3n) is 3.08. The minimum atomic E-state index is -0.0710. The molecular formula is C15H20N4O. The molecule has 0 bridgehead atoms. The summed E-state index contributed by atoms with van der Waals surface area (Å²) in [6.45, 7) is 5.60. The Morgan fingerprint density at radius 1 is 1.35 bits per heavy atom. The van der Waals surface area contributed by atoms with Crippen LogP contribution in [0.2, 0.25) is 0 Å². The number of benzene rings is 1. The third kappa shape index (κ3) is 3.38. The molecule has 0 radical (unpaired) electrons. The molecule has 0 aliphatic carbocycles. The SMILES string of the molecule is CC(=O)Nc1cccc(NC(C)c2cn(C)nc2C)c1. The van der Waals surface area contributed by atoms with Gasteiger partial charge in [-0.15, -0.1) is 0 Å². The van der Waals surface area contributed by atoms with Crippen LogP contribution in [-0.2, 0) is 11.8 Å². The van der Waals surface area contributed by atoms with Crippen molar-refractivity contribution in [2.45, 2.75) is 26.8 Å². The van der Waals surface area contributed by atoms with Crippen molar-refractivity contribution >= 4 is 17.3 Å². The van der Waals surface area contributed by atoms with Gasteiger partial charge in [0.1, 0.15) is 0 Å². The van der Waals surface area contributed by atoms with Gasteiger partial charge in [-0.1, -0.05) is 6.07 Å². The summed E-state index contributed by atoms with van der Waals surface area (Å²) in [4.78, 5) is 11.1. The summed E-state index contributed by atoms with van der Waals surface area (Å²) < 4.78 is 1.82. The van der Waals surface area contributed by atoms with Crippen LogP contribution in [0.15, 0.2) is 30.5 Å². The van der Waals surface area contributed by atoms with Gasteiger partial charge in [-0.25, -0.2) is 0 Å². The van der Waals surface area contributed by atoms with Crippen LogP contribution in [0.1, 0.15) is 31.1 Å². The van der Waals surface area contributed by atoms with Gasteiger partial charge in [-0.2, -0.15) is 5.10 Å². The molecule has 1 amide bonds. The molecule has 0 saturated carbocycles. The van der Waals surface area contributed by atoms with E-state index in [-0.39, 0.29) is 11.9 Å². The predicted molar refractivity (Wildman–Crippen MR) is 80.7 cm³/mol. The predicted octanol–water partition coefficient (Wildman–Crippen LogP) is 2.86. The molecule has 2 rings (SSSR count). The highest BCUT2D eigenvalue weighted by atomic mass is 16.1. The van der Waals surface area contributed by atoms with Crippen LogP contribution >= 0.6 is 0 Å². The highest BCUT2D eigenvalue weighted by molar-refractivity contribution is 5.89. The van der Waals surface area contributed by atoms with E-state index in [4.69, 9.17) is 0 Å². The van der Waals surface area contributed by atoms with E-state index in [0.29, 0.717) is 0 Å². The van der Waals surface area contributed by atoms with E-state index in [2.05, 4.69) is 22.7 Å². The lowest BCUT2D eigenvalue weighted by Gasteiger charge is -2.15. The summed E-state index contributed by atoms with van der Waals surface area (Å²) in [5, 5.41) is 10.5. The van der Waals surface area contributed by atoms with E-state index in [1.165, 1.54) is 6.92 Å². The van der Waals surface area contributed by atoms with Crippen LogP contribution in [0.4, 0.5) is 11.4 Å². The van der Waals surface area contributed by atoms with Gasteiger partial charge in [-0.3, -0.25) is 9.48 Å². The Labute approximate surface area is 119 Å². The van der Waals surface area contributed by atoms with E-state index in [1.54, 1.807) is 0 Å². The largest absolute Gasteiger partial charge is 0.378 e. The quantitative estimate of drug-likeness (QED) is 0.899. The lowest BCUT2D eigenvalue weighted by atomic mass is 10.1. The molecule has 0 aliphatic rings. The fourth-order valence-electron chi connectivity index (χ4n) is 2.26. The van der Waals surface area contributed by atoms with Crippen LogP contribution in [0.25, 0.3) is 0 Å². The second-order valence-corrected chi connectivity index (χ2v) is 4.97. The van der Waals surface area contributed by atoms with Crippen LogP contribution in [0.5, 0.6) is 0 Å². The van der Waals surface area contributed by atoms with Crippen molar-refractivity contribution in [3.63, 3.8) is 0 Å². The van der Waals surface area contributed by atoms with Gasteiger partial charge in [0.25, 0.3) is 0 Å². The Balaban J connectivity index is 2.13. The van der Waals surface area contributed by atoms with E-state index in [9.17, 15) is 4.79 Å². The van der Waals surface area contributed by atoms with Crippen molar-refractivity contribution in [1.29, 1.82) is 0 Å². The number of hydrogen-bond acceptors (Lipinski definition) is 3. The van der Waals surface area contributed by atoms with Crippen LogP contribution < -0.4 is 10.6 Å². The average Bonchev–Trinajstić information content (AvgIpc) is 2.68. The standard InChI is InChI=1S/C15H20N4O/c1-10(15-9-19(4)18-11(15)2)16-13-6-5-7-14(8-13)17-12(3)20/h5-10,16H,1-4H3,(H,17,20). The number of rotatable bonds is 4. The van der Waals surface area contributed by atoms with Crippen LogP contribution in [-0.4, -0.2) is 15.7 Å². The minimum Gasteiger partial charge on any atom is -0.378 e. The number of nitrogens with one attached hydrogen (secondary N) is 2. The molecule has 1 aromatic carbocycles. The molecule has 2 N–H and O–H groups in total. The monoisotopic (exact) mass is 272 g/mol. The molecule has 2 aromatic rings. The Kier molecular flexibility index (Phi) is 4.08. The molecule has 0 saturated heterocycles. The van der Waals surface area contributed by atoms with Crippen molar-refractivity contribution in [1.82, 2.24) is 9.78 Å².